The first-order valence-corrected chi connectivity index (χ1v) is 9.76. The summed E-state index contributed by atoms with van der Waals surface area (Å²) in [5.74, 6) is -0.106. The number of thiazole rings is 1. The zero-order valence-corrected chi connectivity index (χ0v) is 16.4. The van der Waals surface area contributed by atoms with Crippen molar-refractivity contribution in [1.29, 1.82) is 0 Å². The molecule has 0 saturated carbocycles. The van der Waals surface area contributed by atoms with Gasteiger partial charge in [0.05, 0.1) is 23.5 Å². The van der Waals surface area contributed by atoms with Crippen LogP contribution in [0.5, 0.6) is 0 Å². The van der Waals surface area contributed by atoms with Crippen molar-refractivity contribution in [3.05, 3.63) is 77.2 Å². The van der Waals surface area contributed by atoms with Gasteiger partial charge in [0.15, 0.2) is 5.13 Å². The molecule has 0 aliphatic rings. The lowest BCUT2D eigenvalue weighted by molar-refractivity contribution is -0.115. The van der Waals surface area contributed by atoms with Crippen molar-refractivity contribution < 1.29 is 4.79 Å². The monoisotopic (exact) mass is 389 g/mol. The number of amides is 1. The fourth-order valence-electron chi connectivity index (χ4n) is 3.05. The highest BCUT2D eigenvalue weighted by Gasteiger charge is 2.17. The van der Waals surface area contributed by atoms with E-state index in [0.29, 0.717) is 5.13 Å². The number of aryl methyl sites for hydroxylation is 1. The molecule has 28 heavy (non-hydrogen) atoms. The highest BCUT2D eigenvalue weighted by Crippen LogP contribution is 2.25. The van der Waals surface area contributed by atoms with Crippen molar-refractivity contribution in [2.45, 2.75) is 20.3 Å². The number of nitrogens with one attached hydrogen (secondary N) is 1. The topological polar surface area (TPSA) is 72.7 Å². The quantitative estimate of drug-likeness (QED) is 0.555. The van der Waals surface area contributed by atoms with Gasteiger partial charge < -0.3 is 5.32 Å². The highest BCUT2D eigenvalue weighted by molar-refractivity contribution is 7.14. The van der Waals surface area contributed by atoms with E-state index >= 15 is 0 Å². The summed E-state index contributed by atoms with van der Waals surface area (Å²) in [4.78, 5) is 21.2. The predicted octanol–water partition coefficient (Wildman–Crippen LogP) is 4.19. The molecule has 0 radical (unpaired) electrons. The van der Waals surface area contributed by atoms with Gasteiger partial charge in [0.1, 0.15) is 0 Å². The summed E-state index contributed by atoms with van der Waals surface area (Å²) in [6.07, 6.45) is 3.73. The molecule has 0 aliphatic heterocycles. The molecule has 0 saturated heterocycles. The van der Waals surface area contributed by atoms with E-state index in [9.17, 15) is 4.79 Å². The first kappa shape index (κ1) is 18.1. The Labute approximate surface area is 166 Å². The molecule has 0 bridgehead atoms. The van der Waals surface area contributed by atoms with Gasteiger partial charge in [-0.05, 0) is 38.1 Å². The Kier molecular flexibility index (Phi) is 4.99. The van der Waals surface area contributed by atoms with Gasteiger partial charge in [0.2, 0.25) is 5.91 Å². The summed E-state index contributed by atoms with van der Waals surface area (Å²) >= 11 is 1.40. The Balaban J connectivity index is 1.49. The van der Waals surface area contributed by atoms with E-state index in [-0.39, 0.29) is 12.3 Å². The number of hydrogen-bond acceptors (Lipinski definition) is 5. The molecule has 1 amide bonds. The Morgan fingerprint density at radius 1 is 1.14 bits per heavy atom. The molecule has 4 aromatic rings. The Morgan fingerprint density at radius 3 is 2.71 bits per heavy atom. The number of aromatic nitrogens is 4. The number of benzene rings is 1. The van der Waals surface area contributed by atoms with E-state index in [0.717, 1.165) is 33.9 Å². The first-order chi connectivity index (χ1) is 13.6. The van der Waals surface area contributed by atoms with Gasteiger partial charge in [-0.1, -0.05) is 18.2 Å². The molecule has 0 spiro atoms. The van der Waals surface area contributed by atoms with Crippen molar-refractivity contribution in [3.63, 3.8) is 0 Å². The molecular weight excluding hydrogens is 370 g/mol. The Hall–Kier alpha value is -3.32. The van der Waals surface area contributed by atoms with E-state index in [1.165, 1.54) is 11.3 Å². The molecule has 4 rings (SSSR count). The Bertz CT molecular complexity index is 1100. The van der Waals surface area contributed by atoms with E-state index in [1.807, 2.05) is 66.4 Å². The molecule has 0 unspecified atom stereocenters. The second-order valence-corrected chi connectivity index (χ2v) is 7.26. The summed E-state index contributed by atoms with van der Waals surface area (Å²) in [7, 11) is 0. The number of pyridine rings is 1. The third-order valence-corrected chi connectivity index (χ3v) is 5.24. The van der Waals surface area contributed by atoms with Crippen LogP contribution in [0.2, 0.25) is 0 Å². The summed E-state index contributed by atoms with van der Waals surface area (Å²) in [6, 6.07) is 13.7. The largest absolute Gasteiger partial charge is 0.302 e. The molecule has 7 heteroatoms. The molecule has 0 atom stereocenters. The van der Waals surface area contributed by atoms with Crippen LogP contribution >= 0.6 is 11.3 Å². The Morgan fingerprint density at radius 2 is 1.96 bits per heavy atom. The van der Waals surface area contributed by atoms with Crippen LogP contribution in [0, 0.1) is 13.8 Å². The lowest BCUT2D eigenvalue weighted by Gasteiger charge is -2.05. The molecule has 3 heterocycles. The van der Waals surface area contributed by atoms with Crippen molar-refractivity contribution in [1.82, 2.24) is 19.7 Å². The molecule has 1 aromatic carbocycles. The molecule has 3 aromatic heterocycles. The van der Waals surface area contributed by atoms with Crippen molar-refractivity contribution in [3.8, 4) is 16.9 Å². The van der Waals surface area contributed by atoms with E-state index in [1.54, 1.807) is 12.4 Å². The number of para-hydroxylation sites is 1. The molecule has 0 fully saturated rings. The number of anilines is 1. The first-order valence-electron chi connectivity index (χ1n) is 8.88. The van der Waals surface area contributed by atoms with Gasteiger partial charge in [-0.15, -0.1) is 11.3 Å². The lowest BCUT2D eigenvalue weighted by atomic mass is 10.1. The van der Waals surface area contributed by atoms with E-state index in [2.05, 4.69) is 20.4 Å². The molecule has 6 nitrogen and oxygen atoms in total. The minimum atomic E-state index is -0.106. The average molecular weight is 389 g/mol. The molecular formula is C21H19N5OS. The number of rotatable bonds is 5. The minimum absolute atomic E-state index is 0.106. The van der Waals surface area contributed by atoms with E-state index in [4.69, 9.17) is 0 Å². The second kappa shape index (κ2) is 7.74. The third kappa shape index (κ3) is 3.70. The summed E-state index contributed by atoms with van der Waals surface area (Å²) in [5, 5.41) is 9.99. The maximum Gasteiger partial charge on any atom is 0.230 e. The lowest BCUT2D eigenvalue weighted by Crippen LogP contribution is -2.15. The van der Waals surface area contributed by atoms with Crippen LogP contribution in [0.15, 0.2) is 60.2 Å². The van der Waals surface area contributed by atoms with Crippen LogP contribution in [0.25, 0.3) is 16.9 Å². The van der Waals surface area contributed by atoms with Crippen LogP contribution < -0.4 is 5.32 Å². The summed E-state index contributed by atoms with van der Waals surface area (Å²) in [6.45, 7) is 3.92. The van der Waals surface area contributed by atoms with Crippen molar-refractivity contribution in [2.24, 2.45) is 0 Å². The van der Waals surface area contributed by atoms with Gasteiger partial charge in [0.25, 0.3) is 0 Å². The van der Waals surface area contributed by atoms with Crippen LogP contribution in [0.1, 0.15) is 17.0 Å². The number of carbonyl (C=O) groups excluding carboxylic acids is 1. The summed E-state index contributed by atoms with van der Waals surface area (Å²) in [5.41, 5.74) is 5.47. The number of hydrogen-bond donors (Lipinski definition) is 1. The third-order valence-electron chi connectivity index (χ3n) is 4.49. The maximum atomic E-state index is 12.6. The van der Waals surface area contributed by atoms with E-state index < -0.39 is 0 Å². The smallest absolute Gasteiger partial charge is 0.230 e. The number of nitrogens with zero attached hydrogens (tertiary/aromatic N) is 4. The maximum absolute atomic E-state index is 12.6. The van der Waals surface area contributed by atoms with Crippen LogP contribution in [0.3, 0.4) is 0 Å². The number of carbonyl (C=O) groups is 1. The van der Waals surface area contributed by atoms with Crippen molar-refractivity contribution >= 4 is 22.4 Å². The highest BCUT2D eigenvalue weighted by atomic mass is 32.1. The average Bonchev–Trinajstić information content (AvgIpc) is 3.29. The zero-order chi connectivity index (χ0) is 19.5. The molecule has 0 aliphatic carbocycles. The van der Waals surface area contributed by atoms with Crippen LogP contribution in [0.4, 0.5) is 5.13 Å². The van der Waals surface area contributed by atoms with Gasteiger partial charge in [-0.25, -0.2) is 9.67 Å². The van der Waals surface area contributed by atoms with Crippen molar-refractivity contribution in [2.75, 3.05) is 5.32 Å². The van der Waals surface area contributed by atoms with Crippen LogP contribution in [-0.4, -0.2) is 25.7 Å². The van der Waals surface area contributed by atoms with Gasteiger partial charge in [-0.3, -0.25) is 9.78 Å². The normalized spacial score (nSPS) is 10.8. The fourth-order valence-corrected chi connectivity index (χ4v) is 3.79. The molecule has 1 N–H and O–H groups in total. The SMILES string of the molecule is Cc1nn(-c2ccccc2)c(C)c1CC(=O)Nc1nc(-c2cccnc2)cs1. The van der Waals surface area contributed by atoms with Gasteiger partial charge >= 0.3 is 0 Å². The van der Waals surface area contributed by atoms with Crippen LogP contribution in [-0.2, 0) is 11.2 Å². The predicted molar refractivity (Wildman–Crippen MR) is 111 cm³/mol. The molecule has 140 valence electrons. The zero-order valence-electron chi connectivity index (χ0n) is 15.6. The van der Waals surface area contributed by atoms with Gasteiger partial charge in [-0.2, -0.15) is 5.10 Å². The van der Waals surface area contributed by atoms with Gasteiger partial charge in [0, 0.05) is 34.6 Å². The fraction of sp³-hybridized carbons (Fsp3) is 0.143. The second-order valence-electron chi connectivity index (χ2n) is 6.40. The summed E-state index contributed by atoms with van der Waals surface area (Å²) < 4.78 is 1.88. The standard InChI is InChI=1S/C21H19N5OS/c1-14-18(15(2)26(25-14)17-8-4-3-5-9-17)11-20(27)24-21-23-19(13-28-21)16-7-6-10-22-12-16/h3-10,12-13H,11H2,1-2H3,(H,23,24,27). The minimum Gasteiger partial charge on any atom is -0.302 e.